The van der Waals surface area contributed by atoms with E-state index in [9.17, 15) is 9.18 Å². The first kappa shape index (κ1) is 15.3. The van der Waals surface area contributed by atoms with Crippen LogP contribution in [0.4, 0.5) is 4.39 Å². The van der Waals surface area contributed by atoms with E-state index in [2.05, 4.69) is 11.4 Å². The number of para-hydroxylation sites is 1. The Morgan fingerprint density at radius 2 is 1.87 bits per heavy atom. The number of aromatic nitrogens is 1. The fourth-order valence-electron chi connectivity index (χ4n) is 2.82. The lowest BCUT2D eigenvalue weighted by Gasteiger charge is -2.15. The number of rotatable bonds is 4. The first-order chi connectivity index (χ1) is 11.0. The summed E-state index contributed by atoms with van der Waals surface area (Å²) >= 11 is 0. The van der Waals surface area contributed by atoms with Gasteiger partial charge in [0.15, 0.2) is 0 Å². The van der Waals surface area contributed by atoms with Gasteiger partial charge in [0, 0.05) is 11.2 Å². The lowest BCUT2D eigenvalue weighted by atomic mass is 10.1. The van der Waals surface area contributed by atoms with E-state index < -0.39 is 0 Å². The molecule has 23 heavy (non-hydrogen) atoms. The molecule has 0 aliphatic carbocycles. The molecular weight excluding hydrogens is 291 g/mol. The summed E-state index contributed by atoms with van der Waals surface area (Å²) in [5.74, 6) is -0.340. The molecule has 0 unspecified atom stereocenters. The number of amides is 1. The molecule has 0 aliphatic heterocycles. The molecule has 2 aromatic carbocycles. The largest absolute Gasteiger partial charge is 0.348 e. The van der Waals surface area contributed by atoms with Crippen LogP contribution in [0.15, 0.2) is 54.6 Å². The Balaban J connectivity index is 1.73. The highest BCUT2D eigenvalue weighted by Gasteiger charge is 2.12. The van der Waals surface area contributed by atoms with Crippen molar-refractivity contribution < 1.29 is 9.18 Å². The minimum atomic E-state index is -0.276. The summed E-state index contributed by atoms with van der Waals surface area (Å²) in [5, 5.41) is 4.09. The molecule has 3 rings (SSSR count). The van der Waals surface area contributed by atoms with Crippen LogP contribution in [0.2, 0.25) is 0 Å². The Kier molecular flexibility index (Phi) is 4.15. The first-order valence-electron chi connectivity index (χ1n) is 7.64. The summed E-state index contributed by atoms with van der Waals surface area (Å²) in [6.07, 6.45) is 0. The summed E-state index contributed by atoms with van der Waals surface area (Å²) in [6, 6.07) is 16.1. The van der Waals surface area contributed by atoms with E-state index in [-0.39, 0.29) is 24.3 Å². The smallest absolute Gasteiger partial charge is 0.240 e. The van der Waals surface area contributed by atoms with Crippen LogP contribution in [0, 0.1) is 12.7 Å². The van der Waals surface area contributed by atoms with Gasteiger partial charge in [0.1, 0.15) is 12.4 Å². The fourth-order valence-corrected chi connectivity index (χ4v) is 2.82. The molecule has 3 nitrogen and oxygen atoms in total. The zero-order valence-corrected chi connectivity index (χ0v) is 13.2. The molecule has 4 heteroatoms. The minimum absolute atomic E-state index is 0.0636. The van der Waals surface area contributed by atoms with Gasteiger partial charge in [-0.05, 0) is 49.1 Å². The van der Waals surface area contributed by atoms with Crippen LogP contribution in [0.3, 0.4) is 0 Å². The highest BCUT2D eigenvalue weighted by molar-refractivity contribution is 5.84. The lowest BCUT2D eigenvalue weighted by Crippen LogP contribution is -2.30. The van der Waals surface area contributed by atoms with Crippen molar-refractivity contribution in [2.45, 2.75) is 26.4 Å². The molecule has 1 heterocycles. The molecule has 0 saturated heterocycles. The SMILES string of the molecule is Cc1cc2ccccc2n1CC(=O)N[C@H](C)c1ccc(F)cc1. The van der Waals surface area contributed by atoms with E-state index in [1.54, 1.807) is 12.1 Å². The van der Waals surface area contributed by atoms with Gasteiger partial charge in [-0.3, -0.25) is 4.79 Å². The molecule has 1 amide bonds. The predicted molar refractivity (Wildman–Crippen MR) is 89.6 cm³/mol. The Hall–Kier alpha value is -2.62. The zero-order chi connectivity index (χ0) is 16.4. The molecule has 1 N–H and O–H groups in total. The number of halogens is 1. The van der Waals surface area contributed by atoms with E-state index in [0.29, 0.717) is 0 Å². The molecular formula is C19H19FN2O. The Morgan fingerprint density at radius 3 is 2.61 bits per heavy atom. The second kappa shape index (κ2) is 6.24. The van der Waals surface area contributed by atoms with Crippen LogP contribution in [0.1, 0.15) is 24.2 Å². The maximum absolute atomic E-state index is 13.0. The Morgan fingerprint density at radius 1 is 1.17 bits per heavy atom. The lowest BCUT2D eigenvalue weighted by molar-refractivity contribution is -0.122. The van der Waals surface area contributed by atoms with Gasteiger partial charge < -0.3 is 9.88 Å². The fraction of sp³-hybridized carbons (Fsp3) is 0.211. The third kappa shape index (κ3) is 3.26. The second-order valence-electron chi connectivity index (χ2n) is 5.77. The first-order valence-corrected chi connectivity index (χ1v) is 7.64. The van der Waals surface area contributed by atoms with Gasteiger partial charge in [-0.2, -0.15) is 0 Å². The number of hydrogen-bond acceptors (Lipinski definition) is 1. The van der Waals surface area contributed by atoms with E-state index in [0.717, 1.165) is 22.2 Å². The van der Waals surface area contributed by atoms with Crippen molar-refractivity contribution in [3.63, 3.8) is 0 Å². The molecule has 0 saturated carbocycles. The Labute approximate surface area is 134 Å². The zero-order valence-electron chi connectivity index (χ0n) is 13.2. The molecule has 3 aromatic rings. The van der Waals surface area contributed by atoms with Crippen molar-refractivity contribution in [3.8, 4) is 0 Å². The van der Waals surface area contributed by atoms with Gasteiger partial charge in [0.05, 0.1) is 6.04 Å². The molecule has 118 valence electrons. The number of aryl methyl sites for hydroxylation is 1. The average Bonchev–Trinajstić information content (AvgIpc) is 2.84. The van der Waals surface area contributed by atoms with Gasteiger partial charge in [-0.25, -0.2) is 4.39 Å². The van der Waals surface area contributed by atoms with E-state index in [4.69, 9.17) is 0 Å². The highest BCUT2D eigenvalue weighted by atomic mass is 19.1. The van der Waals surface area contributed by atoms with Crippen LogP contribution in [0.25, 0.3) is 10.9 Å². The van der Waals surface area contributed by atoms with Crippen molar-refractivity contribution in [2.75, 3.05) is 0 Å². The van der Waals surface area contributed by atoms with Gasteiger partial charge in [-0.1, -0.05) is 30.3 Å². The van der Waals surface area contributed by atoms with Gasteiger partial charge in [-0.15, -0.1) is 0 Å². The van der Waals surface area contributed by atoms with Crippen LogP contribution >= 0.6 is 0 Å². The third-order valence-corrected chi connectivity index (χ3v) is 4.07. The summed E-state index contributed by atoms with van der Waals surface area (Å²) in [6.45, 7) is 4.16. The molecule has 0 fully saturated rings. The number of carbonyl (C=O) groups excluding carboxylic acids is 1. The van der Waals surface area contributed by atoms with Crippen LogP contribution in [0.5, 0.6) is 0 Å². The van der Waals surface area contributed by atoms with Crippen molar-refractivity contribution in [2.24, 2.45) is 0 Å². The predicted octanol–water partition coefficient (Wildman–Crippen LogP) is 3.97. The van der Waals surface area contributed by atoms with Gasteiger partial charge >= 0.3 is 0 Å². The second-order valence-corrected chi connectivity index (χ2v) is 5.77. The van der Waals surface area contributed by atoms with Gasteiger partial charge in [0.2, 0.25) is 5.91 Å². The average molecular weight is 310 g/mol. The topological polar surface area (TPSA) is 34.0 Å². The van der Waals surface area contributed by atoms with Crippen LogP contribution in [-0.4, -0.2) is 10.5 Å². The van der Waals surface area contributed by atoms with Crippen molar-refractivity contribution in [1.82, 2.24) is 9.88 Å². The normalized spacial score (nSPS) is 12.3. The summed E-state index contributed by atoms with van der Waals surface area (Å²) in [7, 11) is 0. The van der Waals surface area contributed by atoms with Crippen molar-refractivity contribution in [1.29, 1.82) is 0 Å². The number of benzene rings is 2. The minimum Gasteiger partial charge on any atom is -0.348 e. The standard InChI is InChI=1S/C19H19FN2O/c1-13-11-16-5-3-4-6-18(16)22(13)12-19(23)21-14(2)15-7-9-17(20)10-8-15/h3-11,14H,12H2,1-2H3,(H,21,23)/t14-/m1/s1. The molecule has 0 aliphatic rings. The number of carbonyl (C=O) groups is 1. The summed E-state index contributed by atoms with van der Waals surface area (Å²) in [4.78, 5) is 12.4. The van der Waals surface area contributed by atoms with Crippen LogP contribution < -0.4 is 5.32 Å². The molecule has 0 bridgehead atoms. The quantitative estimate of drug-likeness (QED) is 0.777. The van der Waals surface area contributed by atoms with E-state index in [1.165, 1.54) is 12.1 Å². The third-order valence-electron chi connectivity index (χ3n) is 4.07. The maximum atomic E-state index is 13.0. The number of nitrogens with zero attached hydrogens (tertiary/aromatic N) is 1. The molecule has 1 aromatic heterocycles. The number of fused-ring (bicyclic) bond motifs is 1. The molecule has 0 radical (unpaired) electrons. The number of nitrogens with one attached hydrogen (secondary N) is 1. The summed E-state index contributed by atoms with van der Waals surface area (Å²) < 4.78 is 15.0. The Bertz CT molecular complexity index is 836. The molecule has 0 spiro atoms. The van der Waals surface area contributed by atoms with E-state index in [1.807, 2.05) is 42.7 Å². The van der Waals surface area contributed by atoms with E-state index >= 15 is 0 Å². The van der Waals surface area contributed by atoms with Gasteiger partial charge in [0.25, 0.3) is 0 Å². The van der Waals surface area contributed by atoms with Crippen LogP contribution in [-0.2, 0) is 11.3 Å². The summed E-state index contributed by atoms with van der Waals surface area (Å²) in [5.41, 5.74) is 2.99. The monoisotopic (exact) mass is 310 g/mol. The number of hydrogen-bond donors (Lipinski definition) is 1. The molecule has 1 atom stereocenters. The maximum Gasteiger partial charge on any atom is 0.240 e. The van der Waals surface area contributed by atoms with Crippen molar-refractivity contribution in [3.05, 3.63) is 71.7 Å². The van der Waals surface area contributed by atoms with Crippen molar-refractivity contribution >= 4 is 16.8 Å². The highest BCUT2D eigenvalue weighted by Crippen LogP contribution is 2.19.